The van der Waals surface area contributed by atoms with E-state index >= 15 is 0 Å². The Morgan fingerprint density at radius 2 is 2.23 bits per heavy atom. The average Bonchev–Trinajstić information content (AvgIpc) is 2.13. The summed E-state index contributed by atoms with van der Waals surface area (Å²) < 4.78 is 5.38. The van der Waals surface area contributed by atoms with Gasteiger partial charge in [0.1, 0.15) is 18.0 Å². The van der Waals surface area contributed by atoms with Crippen molar-refractivity contribution in [1.82, 2.24) is 0 Å². The van der Waals surface area contributed by atoms with Crippen LogP contribution in [0.5, 0.6) is 5.75 Å². The first-order valence-corrected chi connectivity index (χ1v) is 4.31. The Morgan fingerprint density at radius 3 is 3.00 bits per heavy atom. The average molecular weight is 179 g/mol. The van der Waals surface area contributed by atoms with Crippen LogP contribution in [0.4, 0.5) is 0 Å². The molecule has 0 radical (unpaired) electrons. The van der Waals surface area contributed by atoms with E-state index < -0.39 is 5.60 Å². The molecular formula is C10H13NO2. The lowest BCUT2D eigenvalue weighted by Gasteiger charge is -2.35. The predicted octanol–water partition coefficient (Wildman–Crippen LogP) is 0.830. The van der Waals surface area contributed by atoms with E-state index in [1.807, 2.05) is 24.3 Å². The predicted molar refractivity (Wildman–Crippen MR) is 49.5 cm³/mol. The minimum atomic E-state index is -0.964. The number of ether oxygens (including phenoxy) is 1. The second-order valence-electron chi connectivity index (χ2n) is 3.66. The van der Waals surface area contributed by atoms with Crippen LogP contribution in [0.25, 0.3) is 0 Å². The van der Waals surface area contributed by atoms with Gasteiger partial charge in [0.2, 0.25) is 0 Å². The van der Waals surface area contributed by atoms with Gasteiger partial charge in [-0.2, -0.15) is 0 Å². The highest BCUT2D eigenvalue weighted by Gasteiger charge is 2.36. The van der Waals surface area contributed by atoms with Gasteiger partial charge in [0.25, 0.3) is 0 Å². The molecule has 0 aliphatic carbocycles. The molecule has 0 saturated carbocycles. The van der Waals surface area contributed by atoms with Gasteiger partial charge in [0.15, 0.2) is 0 Å². The van der Waals surface area contributed by atoms with Gasteiger partial charge in [-0.1, -0.05) is 18.2 Å². The number of rotatable bonds is 0. The maximum atomic E-state index is 9.84. The Morgan fingerprint density at radius 1 is 1.54 bits per heavy atom. The monoisotopic (exact) mass is 179 g/mol. The van der Waals surface area contributed by atoms with Crippen LogP contribution in [0.2, 0.25) is 0 Å². The highest BCUT2D eigenvalue weighted by atomic mass is 16.5. The fraction of sp³-hybridized carbons (Fsp3) is 0.400. The third-order valence-electron chi connectivity index (χ3n) is 2.44. The van der Waals surface area contributed by atoms with E-state index in [1.54, 1.807) is 6.92 Å². The summed E-state index contributed by atoms with van der Waals surface area (Å²) in [6.07, 6.45) is 0. The molecule has 3 nitrogen and oxygen atoms in total. The molecule has 1 aliphatic heterocycles. The van der Waals surface area contributed by atoms with Gasteiger partial charge in [-0.3, -0.25) is 0 Å². The molecule has 0 bridgehead atoms. The number of nitrogens with two attached hydrogens (primary N) is 1. The van der Waals surface area contributed by atoms with Crippen molar-refractivity contribution in [3.05, 3.63) is 29.8 Å². The van der Waals surface area contributed by atoms with Crippen LogP contribution in [0, 0.1) is 0 Å². The summed E-state index contributed by atoms with van der Waals surface area (Å²) in [4.78, 5) is 0. The molecule has 2 atom stereocenters. The number of aliphatic hydroxyl groups is 1. The topological polar surface area (TPSA) is 55.5 Å². The van der Waals surface area contributed by atoms with Gasteiger partial charge in [-0.05, 0) is 13.0 Å². The summed E-state index contributed by atoms with van der Waals surface area (Å²) >= 11 is 0. The van der Waals surface area contributed by atoms with E-state index in [9.17, 15) is 5.11 Å². The van der Waals surface area contributed by atoms with Crippen molar-refractivity contribution in [1.29, 1.82) is 0 Å². The summed E-state index contributed by atoms with van der Waals surface area (Å²) in [6.45, 7) is 1.94. The van der Waals surface area contributed by atoms with Crippen molar-refractivity contribution >= 4 is 0 Å². The molecule has 1 aromatic carbocycles. The summed E-state index contributed by atoms with van der Waals surface area (Å²) in [5.74, 6) is 0.779. The third kappa shape index (κ3) is 1.30. The zero-order valence-electron chi connectivity index (χ0n) is 7.53. The first-order valence-electron chi connectivity index (χ1n) is 4.31. The Bertz CT molecular complexity index is 322. The summed E-state index contributed by atoms with van der Waals surface area (Å²) in [5.41, 5.74) is 5.80. The Balaban J connectivity index is 2.45. The maximum Gasteiger partial charge on any atom is 0.124 e. The smallest absolute Gasteiger partial charge is 0.124 e. The molecule has 13 heavy (non-hydrogen) atoms. The number of hydrogen-bond acceptors (Lipinski definition) is 3. The van der Waals surface area contributed by atoms with E-state index in [1.165, 1.54) is 0 Å². The van der Waals surface area contributed by atoms with Crippen LogP contribution in [-0.2, 0) is 0 Å². The van der Waals surface area contributed by atoms with Crippen LogP contribution in [-0.4, -0.2) is 17.3 Å². The van der Waals surface area contributed by atoms with Gasteiger partial charge < -0.3 is 15.6 Å². The molecule has 1 aliphatic rings. The van der Waals surface area contributed by atoms with Crippen LogP contribution >= 0.6 is 0 Å². The lowest BCUT2D eigenvalue weighted by Crippen LogP contribution is -2.46. The van der Waals surface area contributed by atoms with Crippen molar-refractivity contribution in [2.24, 2.45) is 5.73 Å². The lowest BCUT2D eigenvalue weighted by atomic mass is 9.89. The second-order valence-corrected chi connectivity index (χ2v) is 3.66. The van der Waals surface area contributed by atoms with Gasteiger partial charge in [0, 0.05) is 5.56 Å². The van der Waals surface area contributed by atoms with E-state index in [4.69, 9.17) is 10.5 Å². The second kappa shape index (κ2) is 2.72. The largest absolute Gasteiger partial charge is 0.490 e. The van der Waals surface area contributed by atoms with Crippen molar-refractivity contribution in [3.8, 4) is 5.75 Å². The molecular weight excluding hydrogens is 166 g/mol. The van der Waals surface area contributed by atoms with E-state index in [0.29, 0.717) is 0 Å². The molecule has 0 amide bonds. The summed E-state index contributed by atoms with van der Waals surface area (Å²) in [6, 6.07) is 7.17. The molecule has 1 aromatic rings. The van der Waals surface area contributed by atoms with Crippen molar-refractivity contribution in [2.45, 2.75) is 18.6 Å². The van der Waals surface area contributed by atoms with Crippen molar-refractivity contribution < 1.29 is 9.84 Å². The highest BCUT2D eigenvalue weighted by molar-refractivity contribution is 5.39. The number of hydrogen-bond donors (Lipinski definition) is 2. The Hall–Kier alpha value is -1.06. The maximum absolute atomic E-state index is 9.84. The molecule has 0 fully saturated rings. The van der Waals surface area contributed by atoms with E-state index in [2.05, 4.69) is 0 Å². The molecule has 0 spiro atoms. The lowest BCUT2D eigenvalue weighted by molar-refractivity contribution is -0.0248. The molecule has 3 heteroatoms. The molecule has 2 rings (SSSR count). The van der Waals surface area contributed by atoms with E-state index in [0.717, 1.165) is 11.3 Å². The van der Waals surface area contributed by atoms with Crippen LogP contribution in [0.1, 0.15) is 18.5 Å². The normalized spacial score (nSPS) is 32.1. The van der Waals surface area contributed by atoms with Gasteiger partial charge in [0.05, 0.1) is 6.04 Å². The minimum Gasteiger partial charge on any atom is -0.490 e. The Kier molecular flexibility index (Phi) is 1.78. The quantitative estimate of drug-likeness (QED) is 0.620. The molecule has 0 saturated heterocycles. The fourth-order valence-electron chi connectivity index (χ4n) is 1.52. The van der Waals surface area contributed by atoms with Crippen molar-refractivity contribution in [3.63, 3.8) is 0 Å². The minimum absolute atomic E-state index is 0.255. The SMILES string of the molecule is CC1(O)COc2ccccc2[C@@H]1N. The van der Waals surface area contributed by atoms with Crippen LogP contribution in [0.3, 0.4) is 0 Å². The summed E-state index contributed by atoms with van der Waals surface area (Å²) in [5, 5.41) is 9.84. The fourth-order valence-corrected chi connectivity index (χ4v) is 1.52. The molecule has 70 valence electrons. The molecule has 1 heterocycles. The van der Waals surface area contributed by atoms with Crippen LogP contribution in [0.15, 0.2) is 24.3 Å². The first kappa shape index (κ1) is 8.53. The summed E-state index contributed by atoms with van der Waals surface area (Å²) in [7, 11) is 0. The molecule has 0 aromatic heterocycles. The molecule has 3 N–H and O–H groups in total. The van der Waals surface area contributed by atoms with Gasteiger partial charge in [-0.25, -0.2) is 0 Å². The first-order chi connectivity index (χ1) is 6.11. The number of fused-ring (bicyclic) bond motifs is 1. The van der Waals surface area contributed by atoms with Gasteiger partial charge >= 0.3 is 0 Å². The van der Waals surface area contributed by atoms with Crippen LogP contribution < -0.4 is 10.5 Å². The standard InChI is InChI=1S/C10H13NO2/c1-10(12)6-13-8-5-3-2-4-7(8)9(10)11/h2-5,9,12H,6,11H2,1H3/t9-,10?/m0/s1. The Labute approximate surface area is 77.1 Å². The number of para-hydroxylation sites is 1. The van der Waals surface area contributed by atoms with E-state index in [-0.39, 0.29) is 12.6 Å². The highest BCUT2D eigenvalue weighted by Crippen LogP contribution is 2.35. The molecule has 1 unspecified atom stereocenters. The van der Waals surface area contributed by atoms with Gasteiger partial charge in [-0.15, -0.1) is 0 Å². The third-order valence-corrected chi connectivity index (χ3v) is 2.44. The zero-order valence-corrected chi connectivity index (χ0v) is 7.53. The number of benzene rings is 1. The van der Waals surface area contributed by atoms with Crippen molar-refractivity contribution in [2.75, 3.05) is 6.61 Å². The zero-order chi connectivity index (χ0) is 9.47.